The van der Waals surface area contributed by atoms with E-state index in [-0.39, 0.29) is 11.9 Å². The summed E-state index contributed by atoms with van der Waals surface area (Å²) in [6.07, 6.45) is 4.39. The van der Waals surface area contributed by atoms with E-state index in [1.807, 2.05) is 6.07 Å². The SMILES string of the molecule is NC(CC1CCCc2ccccc21)c1cccc(F)c1Br. The van der Waals surface area contributed by atoms with Crippen LogP contribution in [0, 0.1) is 5.82 Å². The number of hydrogen-bond acceptors (Lipinski definition) is 1. The molecule has 3 heteroatoms. The van der Waals surface area contributed by atoms with Gasteiger partial charge in [-0.3, -0.25) is 0 Å². The standard InChI is InChI=1S/C18H19BrFN/c19-18-15(9-4-10-16(18)20)17(21)11-13-7-3-6-12-5-1-2-8-14(12)13/h1-2,4-5,8-10,13,17H,3,6-7,11,21H2. The number of halogens is 2. The van der Waals surface area contributed by atoms with Crippen molar-refractivity contribution < 1.29 is 4.39 Å². The first kappa shape index (κ1) is 14.7. The van der Waals surface area contributed by atoms with E-state index in [2.05, 4.69) is 40.2 Å². The van der Waals surface area contributed by atoms with Crippen molar-refractivity contribution in [2.75, 3.05) is 0 Å². The van der Waals surface area contributed by atoms with Crippen LogP contribution in [-0.4, -0.2) is 0 Å². The maximum Gasteiger partial charge on any atom is 0.137 e. The molecule has 2 unspecified atom stereocenters. The van der Waals surface area contributed by atoms with Gasteiger partial charge in [0.2, 0.25) is 0 Å². The van der Waals surface area contributed by atoms with Gasteiger partial charge in [-0.2, -0.15) is 0 Å². The molecule has 0 fully saturated rings. The zero-order valence-electron chi connectivity index (χ0n) is 11.9. The van der Waals surface area contributed by atoms with E-state index in [0.29, 0.717) is 10.4 Å². The molecule has 21 heavy (non-hydrogen) atoms. The molecule has 2 atom stereocenters. The van der Waals surface area contributed by atoms with E-state index in [1.54, 1.807) is 6.07 Å². The van der Waals surface area contributed by atoms with Gasteiger partial charge in [-0.25, -0.2) is 4.39 Å². The van der Waals surface area contributed by atoms with Crippen molar-refractivity contribution >= 4 is 15.9 Å². The van der Waals surface area contributed by atoms with Crippen molar-refractivity contribution in [3.63, 3.8) is 0 Å². The number of hydrogen-bond donors (Lipinski definition) is 1. The summed E-state index contributed by atoms with van der Waals surface area (Å²) in [5, 5.41) is 0. The largest absolute Gasteiger partial charge is 0.324 e. The van der Waals surface area contributed by atoms with E-state index in [9.17, 15) is 4.39 Å². The van der Waals surface area contributed by atoms with E-state index >= 15 is 0 Å². The van der Waals surface area contributed by atoms with Gasteiger partial charge in [-0.05, 0) is 70.3 Å². The second kappa shape index (κ2) is 6.29. The lowest BCUT2D eigenvalue weighted by molar-refractivity contribution is 0.474. The molecular formula is C18H19BrFN. The van der Waals surface area contributed by atoms with Crippen LogP contribution in [-0.2, 0) is 6.42 Å². The number of fused-ring (bicyclic) bond motifs is 1. The molecule has 1 nitrogen and oxygen atoms in total. The zero-order chi connectivity index (χ0) is 14.8. The molecule has 0 bridgehead atoms. The van der Waals surface area contributed by atoms with Crippen LogP contribution in [0.3, 0.4) is 0 Å². The van der Waals surface area contributed by atoms with Gasteiger partial charge in [0.25, 0.3) is 0 Å². The first-order chi connectivity index (χ1) is 10.2. The van der Waals surface area contributed by atoms with Gasteiger partial charge < -0.3 is 5.73 Å². The molecule has 2 aromatic rings. The Morgan fingerprint density at radius 1 is 1.19 bits per heavy atom. The molecule has 0 aromatic heterocycles. The van der Waals surface area contributed by atoms with Crippen LogP contribution in [0.5, 0.6) is 0 Å². The molecule has 0 amide bonds. The Bertz CT molecular complexity index is 641. The van der Waals surface area contributed by atoms with Gasteiger partial charge in [0.1, 0.15) is 5.82 Å². The monoisotopic (exact) mass is 347 g/mol. The van der Waals surface area contributed by atoms with Gasteiger partial charge in [0.05, 0.1) is 4.47 Å². The van der Waals surface area contributed by atoms with Crippen molar-refractivity contribution in [1.29, 1.82) is 0 Å². The maximum absolute atomic E-state index is 13.7. The summed E-state index contributed by atoms with van der Waals surface area (Å²) >= 11 is 3.32. The normalized spacial score (nSPS) is 19.1. The average molecular weight is 348 g/mol. The lowest BCUT2D eigenvalue weighted by Gasteiger charge is -2.28. The molecule has 0 aliphatic heterocycles. The number of aryl methyl sites for hydroxylation is 1. The molecule has 2 N–H and O–H groups in total. The average Bonchev–Trinajstić information content (AvgIpc) is 2.50. The van der Waals surface area contributed by atoms with Gasteiger partial charge in [-0.15, -0.1) is 0 Å². The van der Waals surface area contributed by atoms with Gasteiger partial charge in [-0.1, -0.05) is 36.4 Å². The summed E-state index contributed by atoms with van der Waals surface area (Å²) in [5.74, 6) is 0.229. The van der Waals surface area contributed by atoms with Crippen LogP contribution in [0.1, 0.15) is 47.9 Å². The van der Waals surface area contributed by atoms with Crippen molar-refractivity contribution in [3.05, 3.63) is 69.4 Å². The Hall–Kier alpha value is -1.19. The Balaban J connectivity index is 1.83. The minimum atomic E-state index is -0.244. The van der Waals surface area contributed by atoms with Crippen molar-refractivity contribution in [2.24, 2.45) is 5.73 Å². The first-order valence-electron chi connectivity index (χ1n) is 7.44. The fraction of sp³-hybridized carbons (Fsp3) is 0.333. The van der Waals surface area contributed by atoms with Gasteiger partial charge >= 0.3 is 0 Å². The summed E-state index contributed by atoms with van der Waals surface area (Å²) in [6, 6.07) is 13.6. The van der Waals surface area contributed by atoms with E-state index < -0.39 is 0 Å². The maximum atomic E-state index is 13.7. The number of rotatable bonds is 3. The third kappa shape index (κ3) is 3.04. The highest BCUT2D eigenvalue weighted by Crippen LogP contribution is 2.38. The molecule has 0 spiro atoms. The van der Waals surface area contributed by atoms with Crippen LogP contribution >= 0.6 is 15.9 Å². The predicted molar refractivity (Wildman–Crippen MR) is 87.8 cm³/mol. The molecule has 0 radical (unpaired) electrons. The fourth-order valence-corrected chi connectivity index (χ4v) is 3.90. The lowest BCUT2D eigenvalue weighted by atomic mass is 9.79. The van der Waals surface area contributed by atoms with Crippen molar-refractivity contribution in [3.8, 4) is 0 Å². The minimum Gasteiger partial charge on any atom is -0.324 e. The molecule has 1 aliphatic carbocycles. The minimum absolute atomic E-state index is 0.147. The quantitative estimate of drug-likeness (QED) is 0.821. The Morgan fingerprint density at radius 2 is 2.00 bits per heavy atom. The summed E-state index contributed by atoms with van der Waals surface area (Å²) in [4.78, 5) is 0. The topological polar surface area (TPSA) is 26.0 Å². The van der Waals surface area contributed by atoms with Crippen LogP contribution in [0.2, 0.25) is 0 Å². The van der Waals surface area contributed by atoms with Crippen LogP contribution in [0.25, 0.3) is 0 Å². The summed E-state index contributed by atoms with van der Waals surface area (Å²) in [5.41, 5.74) is 10.1. The molecular weight excluding hydrogens is 329 g/mol. The summed E-state index contributed by atoms with van der Waals surface area (Å²) < 4.78 is 14.2. The predicted octanol–water partition coefficient (Wildman–Crippen LogP) is 5.10. The van der Waals surface area contributed by atoms with Crippen LogP contribution in [0.15, 0.2) is 46.9 Å². The van der Waals surface area contributed by atoms with Crippen LogP contribution < -0.4 is 5.73 Å². The number of nitrogens with two attached hydrogens (primary N) is 1. The van der Waals surface area contributed by atoms with Crippen LogP contribution in [0.4, 0.5) is 4.39 Å². The summed E-state index contributed by atoms with van der Waals surface area (Å²) in [6.45, 7) is 0. The third-order valence-corrected chi connectivity index (χ3v) is 5.25. The Kier molecular flexibility index (Phi) is 4.41. The molecule has 3 rings (SSSR count). The highest BCUT2D eigenvalue weighted by atomic mass is 79.9. The smallest absolute Gasteiger partial charge is 0.137 e. The summed E-state index contributed by atoms with van der Waals surface area (Å²) in [7, 11) is 0. The molecule has 0 heterocycles. The van der Waals surface area contributed by atoms with Gasteiger partial charge in [0.15, 0.2) is 0 Å². The molecule has 2 aromatic carbocycles. The molecule has 110 valence electrons. The van der Waals surface area contributed by atoms with E-state index in [0.717, 1.165) is 24.8 Å². The third-order valence-electron chi connectivity index (χ3n) is 4.41. The van der Waals surface area contributed by atoms with E-state index in [1.165, 1.54) is 23.6 Å². The molecule has 0 saturated carbocycles. The fourth-order valence-electron chi connectivity index (χ4n) is 3.34. The van der Waals surface area contributed by atoms with E-state index in [4.69, 9.17) is 5.73 Å². The van der Waals surface area contributed by atoms with Gasteiger partial charge in [0, 0.05) is 6.04 Å². The highest BCUT2D eigenvalue weighted by Gasteiger charge is 2.23. The lowest BCUT2D eigenvalue weighted by Crippen LogP contribution is -2.18. The zero-order valence-corrected chi connectivity index (χ0v) is 13.4. The second-order valence-corrected chi connectivity index (χ2v) is 6.57. The van der Waals surface area contributed by atoms with Crippen molar-refractivity contribution in [1.82, 2.24) is 0 Å². The van der Waals surface area contributed by atoms with Crippen molar-refractivity contribution in [2.45, 2.75) is 37.6 Å². The number of benzene rings is 2. The first-order valence-corrected chi connectivity index (χ1v) is 8.23. The Morgan fingerprint density at radius 3 is 2.86 bits per heavy atom. The highest BCUT2D eigenvalue weighted by molar-refractivity contribution is 9.10. The Labute approximate surface area is 133 Å². The molecule has 0 saturated heterocycles. The molecule has 1 aliphatic rings. The second-order valence-electron chi connectivity index (χ2n) is 5.77.